The lowest BCUT2D eigenvalue weighted by Crippen LogP contribution is -2.37. The number of anilines is 1. The Morgan fingerprint density at radius 2 is 2.25 bits per heavy atom. The summed E-state index contributed by atoms with van der Waals surface area (Å²) in [6.45, 7) is 1.26. The number of rotatable bonds is 9. The van der Waals surface area contributed by atoms with Crippen LogP contribution in [-0.4, -0.2) is 48.8 Å². The third-order valence-corrected chi connectivity index (χ3v) is 4.26. The van der Waals surface area contributed by atoms with E-state index < -0.39 is 6.10 Å². The Morgan fingerprint density at radius 1 is 1.42 bits per heavy atom. The van der Waals surface area contributed by atoms with Crippen molar-refractivity contribution in [1.29, 1.82) is 0 Å². The van der Waals surface area contributed by atoms with Crippen molar-refractivity contribution in [3.05, 3.63) is 51.7 Å². The minimum absolute atomic E-state index is 0.161. The molecule has 1 aromatic heterocycles. The van der Waals surface area contributed by atoms with Crippen LogP contribution in [0.3, 0.4) is 0 Å². The van der Waals surface area contributed by atoms with Crippen LogP contribution in [0.5, 0.6) is 0 Å². The Morgan fingerprint density at radius 3 is 2.96 bits per heavy atom. The normalized spacial score (nSPS) is 12.3. The minimum atomic E-state index is -0.645. The molecule has 1 aromatic carbocycles. The highest BCUT2D eigenvalue weighted by Gasteiger charge is 2.12. The molecule has 0 bridgehead atoms. The average Bonchev–Trinajstić information content (AvgIpc) is 3.00. The maximum absolute atomic E-state index is 12.0. The largest absolute Gasteiger partial charge is 0.389 e. The third kappa shape index (κ3) is 6.98. The van der Waals surface area contributed by atoms with Gasteiger partial charge in [-0.2, -0.15) is 0 Å². The van der Waals surface area contributed by atoms with Gasteiger partial charge in [0.2, 0.25) is 5.91 Å². The van der Waals surface area contributed by atoms with Crippen LogP contribution in [0, 0.1) is 0 Å². The molecular formula is C17H21ClN2O3S. The fourth-order valence-corrected chi connectivity index (χ4v) is 3.01. The van der Waals surface area contributed by atoms with Gasteiger partial charge in [0.15, 0.2) is 0 Å². The average molecular weight is 369 g/mol. The predicted octanol–water partition coefficient (Wildman–Crippen LogP) is 2.85. The molecule has 0 saturated heterocycles. The molecule has 0 spiro atoms. The first kappa shape index (κ1) is 18.9. The van der Waals surface area contributed by atoms with Gasteiger partial charge in [-0.25, -0.2) is 0 Å². The Balaban J connectivity index is 1.65. The van der Waals surface area contributed by atoms with E-state index in [-0.39, 0.29) is 19.1 Å². The van der Waals surface area contributed by atoms with Gasteiger partial charge < -0.3 is 15.2 Å². The van der Waals surface area contributed by atoms with Crippen LogP contribution in [0.25, 0.3) is 0 Å². The zero-order valence-corrected chi connectivity index (χ0v) is 15.0. The minimum Gasteiger partial charge on any atom is -0.389 e. The first-order valence-corrected chi connectivity index (χ1v) is 8.81. The Hall–Kier alpha value is -1.44. The lowest BCUT2D eigenvalue weighted by Gasteiger charge is -2.20. The molecule has 2 N–H and O–H groups in total. The molecule has 0 saturated carbocycles. The van der Waals surface area contributed by atoms with Gasteiger partial charge >= 0.3 is 0 Å². The number of amides is 1. The zero-order chi connectivity index (χ0) is 17.4. The summed E-state index contributed by atoms with van der Waals surface area (Å²) in [5.74, 6) is -0.161. The molecule has 7 heteroatoms. The summed E-state index contributed by atoms with van der Waals surface area (Å²) < 4.78 is 5.47. The Labute approximate surface area is 150 Å². The van der Waals surface area contributed by atoms with Crippen molar-refractivity contribution in [1.82, 2.24) is 4.90 Å². The second-order valence-electron chi connectivity index (χ2n) is 5.50. The van der Waals surface area contributed by atoms with E-state index >= 15 is 0 Å². The van der Waals surface area contributed by atoms with Gasteiger partial charge in [-0.3, -0.25) is 9.69 Å². The van der Waals surface area contributed by atoms with Crippen molar-refractivity contribution in [2.24, 2.45) is 0 Å². The number of benzene rings is 1. The highest BCUT2D eigenvalue weighted by molar-refractivity contribution is 7.09. The molecule has 1 amide bonds. The number of carbonyl (C=O) groups excluding carboxylic acids is 1. The van der Waals surface area contributed by atoms with E-state index in [1.54, 1.807) is 47.5 Å². The molecule has 0 radical (unpaired) electrons. The van der Waals surface area contributed by atoms with E-state index in [1.165, 1.54) is 0 Å². The fraction of sp³-hybridized carbons (Fsp3) is 0.353. The molecule has 24 heavy (non-hydrogen) atoms. The summed E-state index contributed by atoms with van der Waals surface area (Å²) >= 11 is 7.50. The number of hydrogen-bond donors (Lipinski definition) is 2. The molecule has 130 valence electrons. The quantitative estimate of drug-likeness (QED) is 0.714. The molecule has 0 aliphatic rings. The van der Waals surface area contributed by atoms with Gasteiger partial charge in [0.1, 0.15) is 0 Å². The van der Waals surface area contributed by atoms with Gasteiger partial charge in [0.05, 0.1) is 25.9 Å². The lowest BCUT2D eigenvalue weighted by molar-refractivity contribution is -0.117. The van der Waals surface area contributed by atoms with Crippen LogP contribution in [0.4, 0.5) is 5.69 Å². The molecular weight excluding hydrogens is 348 g/mol. The lowest BCUT2D eigenvalue weighted by atomic mass is 10.3. The second-order valence-corrected chi connectivity index (χ2v) is 6.97. The highest BCUT2D eigenvalue weighted by Crippen LogP contribution is 2.14. The van der Waals surface area contributed by atoms with Crippen LogP contribution in [0.1, 0.15) is 4.88 Å². The predicted molar refractivity (Wildman–Crippen MR) is 97.6 cm³/mol. The van der Waals surface area contributed by atoms with Crippen LogP contribution in [0.2, 0.25) is 5.02 Å². The summed E-state index contributed by atoms with van der Waals surface area (Å²) in [5, 5.41) is 15.3. The van der Waals surface area contributed by atoms with Gasteiger partial charge in [-0.15, -0.1) is 11.3 Å². The molecule has 0 unspecified atom stereocenters. The van der Waals surface area contributed by atoms with E-state index in [9.17, 15) is 9.90 Å². The molecule has 2 aromatic rings. The summed E-state index contributed by atoms with van der Waals surface area (Å²) in [7, 11) is 1.78. The van der Waals surface area contributed by atoms with Crippen molar-refractivity contribution in [3.8, 4) is 0 Å². The van der Waals surface area contributed by atoms with E-state index in [0.29, 0.717) is 23.9 Å². The number of aliphatic hydroxyl groups is 1. The fourth-order valence-electron chi connectivity index (χ4n) is 2.18. The molecule has 1 atom stereocenters. The number of nitrogens with one attached hydrogen (secondary N) is 1. The number of ether oxygens (including phenoxy) is 1. The van der Waals surface area contributed by atoms with Gasteiger partial charge in [0.25, 0.3) is 0 Å². The summed E-state index contributed by atoms with van der Waals surface area (Å²) in [6, 6.07) is 10.9. The zero-order valence-electron chi connectivity index (χ0n) is 13.4. The smallest absolute Gasteiger partial charge is 0.238 e. The van der Waals surface area contributed by atoms with Crippen molar-refractivity contribution in [2.45, 2.75) is 12.7 Å². The van der Waals surface area contributed by atoms with Gasteiger partial charge in [0, 0.05) is 22.1 Å². The first-order chi connectivity index (χ1) is 11.5. The molecule has 2 rings (SSSR count). The maximum atomic E-state index is 12.0. The van der Waals surface area contributed by atoms with Crippen molar-refractivity contribution in [3.63, 3.8) is 0 Å². The first-order valence-electron chi connectivity index (χ1n) is 7.55. The van der Waals surface area contributed by atoms with Crippen molar-refractivity contribution >= 4 is 34.5 Å². The van der Waals surface area contributed by atoms with Crippen molar-refractivity contribution in [2.75, 3.05) is 32.1 Å². The summed E-state index contributed by atoms with van der Waals surface area (Å²) in [5.41, 5.74) is 0.653. The van der Waals surface area contributed by atoms with Crippen LogP contribution < -0.4 is 5.32 Å². The van der Waals surface area contributed by atoms with E-state index in [4.69, 9.17) is 16.3 Å². The van der Waals surface area contributed by atoms with Crippen molar-refractivity contribution < 1.29 is 14.6 Å². The second kappa shape index (κ2) is 9.76. The van der Waals surface area contributed by atoms with Crippen LogP contribution in [-0.2, 0) is 16.1 Å². The van der Waals surface area contributed by atoms with E-state index in [2.05, 4.69) is 5.32 Å². The van der Waals surface area contributed by atoms with Crippen LogP contribution >= 0.6 is 22.9 Å². The third-order valence-electron chi connectivity index (χ3n) is 3.18. The number of carbonyl (C=O) groups is 1. The topological polar surface area (TPSA) is 61.8 Å². The molecule has 0 aliphatic carbocycles. The number of halogens is 1. The number of likely N-dealkylation sites (N-methyl/N-ethyl adjacent to an activating group) is 1. The molecule has 0 fully saturated rings. The maximum Gasteiger partial charge on any atom is 0.238 e. The number of nitrogens with zero attached hydrogens (tertiary/aromatic N) is 1. The number of thiophene rings is 1. The molecule has 5 nitrogen and oxygen atoms in total. The summed E-state index contributed by atoms with van der Waals surface area (Å²) in [6.07, 6.45) is -0.645. The monoisotopic (exact) mass is 368 g/mol. The molecule has 0 aliphatic heterocycles. The number of aliphatic hydroxyl groups excluding tert-OH is 1. The molecule has 1 heterocycles. The van der Waals surface area contributed by atoms with E-state index in [0.717, 1.165) is 4.88 Å². The standard InChI is InChI=1S/C17H21ClN2O3S/c1-20(9-15(21)11-23-12-16-6-3-7-24-16)10-17(22)19-14-5-2-4-13(18)8-14/h2-8,15,21H,9-12H2,1H3,(H,19,22)/t15-/m1/s1. The number of hydrogen-bond acceptors (Lipinski definition) is 5. The highest BCUT2D eigenvalue weighted by atomic mass is 35.5. The van der Waals surface area contributed by atoms with Gasteiger partial charge in [-0.05, 0) is 36.7 Å². The SMILES string of the molecule is CN(CC(=O)Nc1cccc(Cl)c1)C[C@@H](O)COCc1cccs1. The van der Waals surface area contributed by atoms with Crippen LogP contribution in [0.15, 0.2) is 41.8 Å². The Bertz CT molecular complexity index is 637. The summed E-state index contributed by atoms with van der Waals surface area (Å²) in [4.78, 5) is 14.8. The Kier molecular flexibility index (Phi) is 7.68. The van der Waals surface area contributed by atoms with Gasteiger partial charge in [-0.1, -0.05) is 23.7 Å². The van der Waals surface area contributed by atoms with E-state index in [1.807, 2.05) is 17.5 Å².